The number of hydrogen-bond acceptors (Lipinski definition) is 7. The van der Waals surface area contributed by atoms with Crippen molar-refractivity contribution in [1.82, 2.24) is 10.3 Å². The van der Waals surface area contributed by atoms with Crippen molar-refractivity contribution >= 4 is 51.6 Å². The number of hydrogen-bond donors (Lipinski definition) is 3. The Morgan fingerprint density at radius 3 is 2.90 bits per heavy atom. The maximum absolute atomic E-state index is 12.6. The molecule has 10 heteroatoms. The molecule has 3 heterocycles. The van der Waals surface area contributed by atoms with Crippen molar-refractivity contribution < 1.29 is 18.8 Å². The van der Waals surface area contributed by atoms with Gasteiger partial charge in [0.15, 0.2) is 10.9 Å². The van der Waals surface area contributed by atoms with Crippen molar-refractivity contribution in [1.29, 1.82) is 0 Å². The summed E-state index contributed by atoms with van der Waals surface area (Å²) in [6.45, 7) is 3.58. The van der Waals surface area contributed by atoms with E-state index in [0.29, 0.717) is 40.1 Å². The fourth-order valence-electron chi connectivity index (χ4n) is 2.79. The number of aromatic nitrogens is 1. The Morgan fingerprint density at radius 2 is 2.10 bits per heavy atom. The Hall–Kier alpha value is -3.11. The van der Waals surface area contributed by atoms with E-state index in [4.69, 9.17) is 4.42 Å². The Morgan fingerprint density at radius 1 is 1.27 bits per heavy atom. The van der Waals surface area contributed by atoms with Crippen molar-refractivity contribution in [3.8, 4) is 11.5 Å². The summed E-state index contributed by atoms with van der Waals surface area (Å²) in [5, 5.41) is 10.3. The van der Waals surface area contributed by atoms with Crippen LogP contribution in [0.15, 0.2) is 45.0 Å². The van der Waals surface area contributed by atoms with Crippen molar-refractivity contribution in [2.45, 2.75) is 30.5 Å². The van der Waals surface area contributed by atoms with Crippen LogP contribution in [-0.4, -0.2) is 28.0 Å². The first-order valence-electron chi connectivity index (χ1n) is 9.11. The molecule has 0 saturated heterocycles. The van der Waals surface area contributed by atoms with Crippen LogP contribution in [0.3, 0.4) is 0 Å². The molecule has 0 saturated carbocycles. The highest BCUT2D eigenvalue weighted by molar-refractivity contribution is 8.00. The molecular formula is C20H18N4O4S2. The highest BCUT2D eigenvalue weighted by Gasteiger charge is 2.24. The molecule has 0 aliphatic carbocycles. The van der Waals surface area contributed by atoms with Crippen LogP contribution in [0.5, 0.6) is 0 Å². The number of nitrogens with zero attached hydrogens (tertiary/aromatic N) is 1. The smallest absolute Gasteiger partial charge is 0.257 e. The van der Waals surface area contributed by atoms with Gasteiger partial charge in [0.1, 0.15) is 11.5 Å². The molecule has 3 N–H and O–H groups in total. The number of amides is 3. The lowest BCUT2D eigenvalue weighted by Crippen LogP contribution is -2.26. The predicted octanol–water partition coefficient (Wildman–Crippen LogP) is 3.72. The topological polar surface area (TPSA) is 113 Å². The van der Waals surface area contributed by atoms with Gasteiger partial charge in [0, 0.05) is 22.8 Å². The molecule has 0 bridgehead atoms. The van der Waals surface area contributed by atoms with Gasteiger partial charge in [-0.1, -0.05) is 0 Å². The molecule has 1 aliphatic rings. The van der Waals surface area contributed by atoms with Crippen molar-refractivity contribution in [3.05, 3.63) is 47.0 Å². The Bertz CT molecular complexity index is 1140. The lowest BCUT2D eigenvalue weighted by molar-refractivity contribution is -0.119. The van der Waals surface area contributed by atoms with Crippen LogP contribution in [0.2, 0.25) is 0 Å². The Labute approximate surface area is 180 Å². The van der Waals surface area contributed by atoms with Gasteiger partial charge in [-0.3, -0.25) is 19.7 Å². The average molecular weight is 443 g/mol. The van der Waals surface area contributed by atoms with Gasteiger partial charge < -0.3 is 15.1 Å². The van der Waals surface area contributed by atoms with Crippen LogP contribution in [-0.2, 0) is 16.1 Å². The number of rotatable bonds is 5. The molecule has 3 amide bonds. The minimum atomic E-state index is -0.317. The summed E-state index contributed by atoms with van der Waals surface area (Å²) >= 11 is 2.74. The van der Waals surface area contributed by atoms with Gasteiger partial charge in [-0.2, -0.15) is 0 Å². The van der Waals surface area contributed by atoms with E-state index in [0.717, 1.165) is 4.90 Å². The summed E-state index contributed by atoms with van der Waals surface area (Å²) < 4.78 is 5.68. The molecule has 0 fully saturated rings. The first kappa shape index (κ1) is 20.2. The average Bonchev–Trinajstić information content (AvgIpc) is 3.36. The van der Waals surface area contributed by atoms with Crippen LogP contribution >= 0.6 is 23.1 Å². The second-order valence-electron chi connectivity index (χ2n) is 6.63. The standard InChI is InChI=1S/C20H18N4O4S2/c1-10-18(26)22-14-7-12(3-6-17(14)30-10)19(27)24-20-23-15(9-29-20)16-5-4-13(28-16)8-21-11(2)25/h3-7,9-10H,8H2,1-2H3,(H,21,25)(H,22,26)(H,23,24,27)/t10-/m1/s1. The Balaban J connectivity index is 1.44. The third-order valence-electron chi connectivity index (χ3n) is 4.32. The van der Waals surface area contributed by atoms with Gasteiger partial charge in [-0.25, -0.2) is 4.98 Å². The normalized spacial score (nSPS) is 15.3. The minimum Gasteiger partial charge on any atom is -0.458 e. The van der Waals surface area contributed by atoms with E-state index in [1.807, 2.05) is 13.0 Å². The lowest BCUT2D eigenvalue weighted by Gasteiger charge is -2.21. The molecule has 8 nitrogen and oxygen atoms in total. The zero-order chi connectivity index (χ0) is 21.3. The molecule has 1 aliphatic heterocycles. The number of carbonyl (C=O) groups excluding carboxylic acids is 3. The molecule has 2 aromatic heterocycles. The van der Waals surface area contributed by atoms with Gasteiger partial charge in [0.05, 0.1) is 17.5 Å². The number of thioether (sulfide) groups is 1. The molecule has 30 heavy (non-hydrogen) atoms. The largest absolute Gasteiger partial charge is 0.458 e. The summed E-state index contributed by atoms with van der Waals surface area (Å²) in [5.74, 6) is 0.631. The number of anilines is 2. The van der Waals surface area contributed by atoms with E-state index in [2.05, 4.69) is 20.9 Å². The van der Waals surface area contributed by atoms with E-state index < -0.39 is 0 Å². The summed E-state index contributed by atoms with van der Waals surface area (Å²) in [4.78, 5) is 40.8. The van der Waals surface area contributed by atoms with Gasteiger partial charge in [-0.15, -0.1) is 23.1 Å². The summed E-state index contributed by atoms with van der Waals surface area (Å²) in [7, 11) is 0. The minimum absolute atomic E-state index is 0.0778. The quantitative estimate of drug-likeness (QED) is 0.555. The fraction of sp³-hybridized carbons (Fsp3) is 0.200. The molecular weight excluding hydrogens is 424 g/mol. The van der Waals surface area contributed by atoms with E-state index in [9.17, 15) is 14.4 Å². The summed E-state index contributed by atoms with van der Waals surface area (Å²) in [6.07, 6.45) is 0. The number of thiazole rings is 1. The Kier molecular flexibility index (Phi) is 5.60. The fourth-order valence-corrected chi connectivity index (χ4v) is 4.41. The van der Waals surface area contributed by atoms with Crippen LogP contribution in [0.4, 0.5) is 10.8 Å². The predicted molar refractivity (Wildman–Crippen MR) is 116 cm³/mol. The summed E-state index contributed by atoms with van der Waals surface area (Å²) in [5.41, 5.74) is 1.65. The molecule has 1 atom stereocenters. The van der Waals surface area contributed by atoms with Crippen LogP contribution in [0.1, 0.15) is 30.0 Å². The van der Waals surface area contributed by atoms with Crippen molar-refractivity contribution in [3.63, 3.8) is 0 Å². The zero-order valence-corrected chi connectivity index (χ0v) is 17.8. The highest BCUT2D eigenvalue weighted by Crippen LogP contribution is 2.36. The van der Waals surface area contributed by atoms with E-state index in [1.54, 1.807) is 29.6 Å². The van der Waals surface area contributed by atoms with Crippen molar-refractivity contribution in [2.24, 2.45) is 0 Å². The second-order valence-corrected chi connectivity index (χ2v) is 8.87. The van der Waals surface area contributed by atoms with Gasteiger partial charge in [0.25, 0.3) is 5.91 Å². The van der Waals surface area contributed by atoms with Crippen LogP contribution < -0.4 is 16.0 Å². The molecule has 0 unspecified atom stereocenters. The molecule has 0 radical (unpaired) electrons. The molecule has 1 aromatic carbocycles. The van der Waals surface area contributed by atoms with Crippen LogP contribution in [0, 0.1) is 0 Å². The first-order chi connectivity index (χ1) is 14.4. The van der Waals surface area contributed by atoms with Gasteiger partial charge in [0.2, 0.25) is 11.8 Å². The summed E-state index contributed by atoms with van der Waals surface area (Å²) in [6, 6.07) is 8.75. The molecule has 154 valence electrons. The zero-order valence-electron chi connectivity index (χ0n) is 16.1. The van der Waals surface area contributed by atoms with Crippen LogP contribution in [0.25, 0.3) is 11.5 Å². The third kappa shape index (κ3) is 4.39. The number of fused-ring (bicyclic) bond motifs is 1. The number of carbonyl (C=O) groups is 3. The maximum atomic E-state index is 12.6. The highest BCUT2D eigenvalue weighted by atomic mass is 32.2. The molecule has 4 rings (SSSR count). The SMILES string of the molecule is CC(=O)NCc1ccc(-c2csc(NC(=O)c3ccc4c(c3)NC(=O)[C@@H](C)S4)n2)o1. The molecule has 0 spiro atoms. The lowest BCUT2D eigenvalue weighted by atomic mass is 10.2. The van der Waals surface area contributed by atoms with Gasteiger partial charge >= 0.3 is 0 Å². The molecule has 3 aromatic rings. The first-order valence-corrected chi connectivity index (χ1v) is 10.9. The number of furan rings is 1. The maximum Gasteiger partial charge on any atom is 0.257 e. The number of nitrogens with one attached hydrogen (secondary N) is 3. The van der Waals surface area contributed by atoms with E-state index >= 15 is 0 Å². The van der Waals surface area contributed by atoms with E-state index in [1.165, 1.54) is 30.0 Å². The van der Waals surface area contributed by atoms with Crippen molar-refractivity contribution in [2.75, 3.05) is 10.6 Å². The monoisotopic (exact) mass is 442 g/mol. The third-order valence-corrected chi connectivity index (χ3v) is 6.26. The second kappa shape index (κ2) is 8.33. The van der Waals surface area contributed by atoms with Gasteiger partial charge in [-0.05, 0) is 37.3 Å². The van der Waals surface area contributed by atoms with E-state index in [-0.39, 0.29) is 23.0 Å². The number of benzene rings is 1.